The van der Waals surface area contributed by atoms with E-state index in [4.69, 9.17) is 15.6 Å². The number of methoxy groups -OCH3 is 1. The van der Waals surface area contributed by atoms with E-state index in [0.717, 1.165) is 30.2 Å². The molecule has 4 nitrogen and oxygen atoms in total. The van der Waals surface area contributed by atoms with Gasteiger partial charge in [-0.1, -0.05) is 18.2 Å². The number of ether oxygens (including phenoxy) is 1. The zero-order chi connectivity index (χ0) is 15.2. The number of hydrogen-bond acceptors (Lipinski definition) is 4. The summed E-state index contributed by atoms with van der Waals surface area (Å²) in [6, 6.07) is 10.3. The second-order valence-electron chi connectivity index (χ2n) is 5.14. The smallest absolute Gasteiger partial charge is 0.103 e. The Kier molecular flexibility index (Phi) is 5.85. The third-order valence-electron chi connectivity index (χ3n) is 3.19. The molecule has 1 aromatic carbocycles. The predicted octanol–water partition coefficient (Wildman–Crippen LogP) is 2.81. The first kappa shape index (κ1) is 16.1. The fourth-order valence-corrected chi connectivity index (χ4v) is 3.33. The molecule has 5 heteroatoms. The fraction of sp³-hybridized carbons (Fsp3) is 0.438. The number of para-hydroxylation sites is 1. The van der Waals surface area contributed by atoms with Crippen LogP contribution in [0, 0.1) is 6.92 Å². The van der Waals surface area contributed by atoms with E-state index in [1.807, 2.05) is 29.8 Å². The average molecular weight is 305 g/mol. The molecule has 1 aromatic heterocycles. The van der Waals surface area contributed by atoms with Crippen LogP contribution in [-0.2, 0) is 11.2 Å². The lowest BCUT2D eigenvalue weighted by Crippen LogP contribution is -2.18. The molecule has 0 radical (unpaired) electrons. The number of benzene rings is 1. The van der Waals surface area contributed by atoms with Crippen molar-refractivity contribution in [2.45, 2.75) is 31.3 Å². The van der Waals surface area contributed by atoms with Crippen LogP contribution in [0.1, 0.15) is 18.2 Å². The van der Waals surface area contributed by atoms with E-state index in [1.165, 1.54) is 10.6 Å². The van der Waals surface area contributed by atoms with E-state index in [0.29, 0.717) is 0 Å². The molecule has 1 unspecified atom stereocenters. The van der Waals surface area contributed by atoms with Gasteiger partial charge < -0.3 is 10.5 Å². The van der Waals surface area contributed by atoms with Crippen molar-refractivity contribution >= 4 is 11.8 Å². The standard InChI is InChI=1S/C16H23N3OS/c1-12(17)11-15-13(2)18-19(14-7-5-4-6-8-14)16(15)21-10-9-20-3/h4-8,12H,9-11,17H2,1-3H3. The fourth-order valence-electron chi connectivity index (χ4n) is 2.21. The molecule has 2 N–H and O–H groups in total. The Morgan fingerprint density at radius 2 is 2.05 bits per heavy atom. The van der Waals surface area contributed by atoms with Gasteiger partial charge >= 0.3 is 0 Å². The topological polar surface area (TPSA) is 53.1 Å². The second kappa shape index (κ2) is 7.64. The molecule has 0 aliphatic carbocycles. The summed E-state index contributed by atoms with van der Waals surface area (Å²) in [7, 11) is 1.73. The van der Waals surface area contributed by atoms with E-state index in [2.05, 4.69) is 19.1 Å². The lowest BCUT2D eigenvalue weighted by atomic mass is 10.1. The van der Waals surface area contributed by atoms with Gasteiger partial charge in [0.15, 0.2) is 0 Å². The van der Waals surface area contributed by atoms with E-state index in [1.54, 1.807) is 18.9 Å². The zero-order valence-corrected chi connectivity index (χ0v) is 13.7. The molecule has 0 saturated carbocycles. The molecule has 0 bridgehead atoms. The molecule has 1 heterocycles. The normalized spacial score (nSPS) is 12.6. The molecule has 0 fully saturated rings. The van der Waals surface area contributed by atoms with E-state index in [9.17, 15) is 0 Å². The Bertz CT molecular complexity index is 566. The summed E-state index contributed by atoms with van der Waals surface area (Å²) in [5, 5.41) is 5.89. The Morgan fingerprint density at radius 3 is 2.67 bits per heavy atom. The lowest BCUT2D eigenvalue weighted by molar-refractivity contribution is 0.218. The first-order valence-corrected chi connectivity index (χ1v) is 8.13. The SMILES string of the molecule is COCCSc1c(CC(C)N)c(C)nn1-c1ccccc1. The average Bonchev–Trinajstić information content (AvgIpc) is 2.77. The van der Waals surface area contributed by atoms with Crippen LogP contribution in [0.5, 0.6) is 0 Å². The van der Waals surface area contributed by atoms with Crippen molar-refractivity contribution in [1.29, 1.82) is 0 Å². The maximum Gasteiger partial charge on any atom is 0.103 e. The van der Waals surface area contributed by atoms with Crippen molar-refractivity contribution in [3.05, 3.63) is 41.6 Å². The van der Waals surface area contributed by atoms with Crippen LogP contribution in [0.25, 0.3) is 5.69 Å². The second-order valence-corrected chi connectivity index (χ2v) is 6.22. The minimum atomic E-state index is 0.124. The highest BCUT2D eigenvalue weighted by Gasteiger charge is 2.17. The molecule has 0 aliphatic rings. The van der Waals surface area contributed by atoms with Crippen LogP contribution in [0.4, 0.5) is 0 Å². The molecule has 114 valence electrons. The van der Waals surface area contributed by atoms with Gasteiger partial charge in [-0.15, -0.1) is 11.8 Å². The Labute approximate surface area is 130 Å². The van der Waals surface area contributed by atoms with Gasteiger partial charge in [0.25, 0.3) is 0 Å². The number of rotatable bonds is 7. The minimum Gasteiger partial charge on any atom is -0.384 e. The summed E-state index contributed by atoms with van der Waals surface area (Å²) < 4.78 is 7.18. The van der Waals surface area contributed by atoms with Crippen molar-refractivity contribution in [2.24, 2.45) is 5.73 Å². The third-order valence-corrected chi connectivity index (χ3v) is 4.25. The summed E-state index contributed by atoms with van der Waals surface area (Å²) in [6.07, 6.45) is 0.841. The largest absolute Gasteiger partial charge is 0.384 e. The first-order valence-electron chi connectivity index (χ1n) is 7.14. The van der Waals surface area contributed by atoms with Gasteiger partial charge in [0.2, 0.25) is 0 Å². The van der Waals surface area contributed by atoms with Crippen molar-refractivity contribution in [3.63, 3.8) is 0 Å². The summed E-state index contributed by atoms with van der Waals surface area (Å²) in [5.41, 5.74) is 9.37. The monoisotopic (exact) mass is 305 g/mol. The number of nitrogens with two attached hydrogens (primary N) is 1. The van der Waals surface area contributed by atoms with Crippen molar-refractivity contribution in [1.82, 2.24) is 9.78 Å². The van der Waals surface area contributed by atoms with Crippen molar-refractivity contribution in [3.8, 4) is 5.69 Å². The number of nitrogens with zero attached hydrogens (tertiary/aromatic N) is 2. The third kappa shape index (κ3) is 4.09. The zero-order valence-electron chi connectivity index (χ0n) is 12.9. The molecular weight excluding hydrogens is 282 g/mol. The molecule has 0 aliphatic heterocycles. The Hall–Kier alpha value is -1.30. The van der Waals surface area contributed by atoms with Gasteiger partial charge in [0.05, 0.1) is 18.0 Å². The Morgan fingerprint density at radius 1 is 1.33 bits per heavy atom. The van der Waals surface area contributed by atoms with E-state index < -0.39 is 0 Å². The molecule has 0 spiro atoms. The van der Waals surface area contributed by atoms with Crippen LogP contribution in [0.3, 0.4) is 0 Å². The van der Waals surface area contributed by atoms with Crippen LogP contribution in [0.15, 0.2) is 35.4 Å². The van der Waals surface area contributed by atoms with Crippen LogP contribution in [-0.4, -0.2) is 35.3 Å². The number of hydrogen-bond donors (Lipinski definition) is 1. The van der Waals surface area contributed by atoms with Crippen molar-refractivity contribution in [2.75, 3.05) is 19.5 Å². The molecular formula is C16H23N3OS. The van der Waals surface area contributed by atoms with Gasteiger partial charge in [0, 0.05) is 24.5 Å². The summed E-state index contributed by atoms with van der Waals surface area (Å²) in [5.74, 6) is 0.903. The van der Waals surface area contributed by atoms with E-state index in [-0.39, 0.29) is 6.04 Å². The molecule has 21 heavy (non-hydrogen) atoms. The minimum absolute atomic E-state index is 0.124. The maximum atomic E-state index is 5.99. The van der Waals surface area contributed by atoms with Gasteiger partial charge in [-0.2, -0.15) is 5.10 Å². The van der Waals surface area contributed by atoms with Crippen molar-refractivity contribution < 1.29 is 4.74 Å². The number of thioether (sulfide) groups is 1. The molecule has 0 amide bonds. The van der Waals surface area contributed by atoms with Gasteiger partial charge in [0.1, 0.15) is 5.03 Å². The highest BCUT2D eigenvalue weighted by atomic mass is 32.2. The molecule has 1 atom stereocenters. The number of aromatic nitrogens is 2. The van der Waals surface area contributed by atoms with Gasteiger partial charge in [-0.3, -0.25) is 0 Å². The van der Waals surface area contributed by atoms with Crippen LogP contribution >= 0.6 is 11.8 Å². The lowest BCUT2D eigenvalue weighted by Gasteiger charge is -2.10. The Balaban J connectivity index is 2.39. The summed E-state index contributed by atoms with van der Waals surface area (Å²) in [6.45, 7) is 4.81. The highest BCUT2D eigenvalue weighted by molar-refractivity contribution is 7.99. The quantitative estimate of drug-likeness (QED) is 0.631. The predicted molar refractivity (Wildman–Crippen MR) is 88.3 cm³/mol. The number of aryl methyl sites for hydroxylation is 1. The molecule has 2 aromatic rings. The van der Waals surface area contributed by atoms with Gasteiger partial charge in [-0.25, -0.2) is 4.68 Å². The molecule has 2 rings (SSSR count). The van der Waals surface area contributed by atoms with E-state index >= 15 is 0 Å². The van der Waals surface area contributed by atoms with Crippen LogP contribution < -0.4 is 5.73 Å². The van der Waals surface area contributed by atoms with Gasteiger partial charge in [-0.05, 0) is 32.4 Å². The van der Waals surface area contributed by atoms with Crippen LogP contribution in [0.2, 0.25) is 0 Å². The maximum absolute atomic E-state index is 5.99. The molecule has 0 saturated heterocycles. The summed E-state index contributed by atoms with van der Waals surface area (Å²) >= 11 is 1.78. The first-order chi connectivity index (χ1) is 10.1. The highest BCUT2D eigenvalue weighted by Crippen LogP contribution is 2.29. The summed E-state index contributed by atoms with van der Waals surface area (Å²) in [4.78, 5) is 0.